The molecule has 4 nitrogen and oxygen atoms in total. The van der Waals surface area contributed by atoms with Crippen LogP contribution in [0.25, 0.3) is 0 Å². The predicted octanol–water partition coefficient (Wildman–Crippen LogP) is 4.85. The fourth-order valence-electron chi connectivity index (χ4n) is 4.36. The summed E-state index contributed by atoms with van der Waals surface area (Å²) < 4.78 is 0. The Balaban J connectivity index is 1.56. The number of anilines is 3. The van der Waals surface area contributed by atoms with E-state index >= 15 is 0 Å². The van der Waals surface area contributed by atoms with Gasteiger partial charge < -0.3 is 15.1 Å². The molecule has 148 valence electrons. The van der Waals surface area contributed by atoms with Crippen LogP contribution in [0.2, 0.25) is 0 Å². The first-order chi connectivity index (χ1) is 13.8. The second-order valence-electron chi connectivity index (χ2n) is 8.01. The van der Waals surface area contributed by atoms with Gasteiger partial charge in [-0.1, -0.05) is 30.3 Å². The van der Waals surface area contributed by atoms with Crippen LogP contribution in [-0.4, -0.2) is 32.1 Å². The Morgan fingerprint density at radius 2 is 1.43 bits per heavy atom. The number of carbonyl (C=O) groups excluding carboxylic acids is 1. The van der Waals surface area contributed by atoms with Gasteiger partial charge in [0.2, 0.25) is 5.91 Å². The molecule has 0 atom stereocenters. The van der Waals surface area contributed by atoms with Gasteiger partial charge in [0.1, 0.15) is 0 Å². The number of carbonyl (C=O) groups is 1. The van der Waals surface area contributed by atoms with Crippen molar-refractivity contribution in [2.24, 2.45) is 0 Å². The van der Waals surface area contributed by atoms with Gasteiger partial charge in [0.05, 0.1) is 17.8 Å². The highest BCUT2D eigenvalue weighted by molar-refractivity contribution is 5.96. The molecule has 2 aromatic rings. The van der Waals surface area contributed by atoms with Crippen LogP contribution in [0.5, 0.6) is 0 Å². The SMILES string of the molecule is O=C(Cc1ccccc1)Nc1cc(N2CCCCC2)ccc1N1CCCCC1. The van der Waals surface area contributed by atoms with Gasteiger partial charge in [0, 0.05) is 31.9 Å². The number of piperidine rings is 2. The lowest BCUT2D eigenvalue weighted by Gasteiger charge is -2.33. The highest BCUT2D eigenvalue weighted by Gasteiger charge is 2.19. The zero-order valence-electron chi connectivity index (χ0n) is 16.7. The van der Waals surface area contributed by atoms with Gasteiger partial charge in [-0.15, -0.1) is 0 Å². The van der Waals surface area contributed by atoms with Gasteiger partial charge in [0.15, 0.2) is 0 Å². The van der Waals surface area contributed by atoms with Gasteiger partial charge in [-0.25, -0.2) is 0 Å². The molecule has 2 aromatic carbocycles. The predicted molar refractivity (Wildman–Crippen MR) is 117 cm³/mol. The second-order valence-corrected chi connectivity index (χ2v) is 8.01. The van der Waals surface area contributed by atoms with Crippen LogP contribution in [-0.2, 0) is 11.2 Å². The van der Waals surface area contributed by atoms with Crippen molar-refractivity contribution < 1.29 is 4.79 Å². The van der Waals surface area contributed by atoms with Gasteiger partial charge in [0.25, 0.3) is 0 Å². The fourth-order valence-corrected chi connectivity index (χ4v) is 4.36. The Hall–Kier alpha value is -2.49. The molecule has 1 N–H and O–H groups in total. The number of nitrogens with zero attached hydrogens (tertiary/aromatic N) is 2. The Kier molecular flexibility index (Phi) is 6.15. The van der Waals surface area contributed by atoms with Crippen molar-refractivity contribution in [3.05, 3.63) is 54.1 Å². The minimum Gasteiger partial charge on any atom is -0.371 e. The highest BCUT2D eigenvalue weighted by Crippen LogP contribution is 2.33. The van der Waals surface area contributed by atoms with E-state index in [0.717, 1.165) is 37.4 Å². The zero-order chi connectivity index (χ0) is 19.2. The molecule has 28 heavy (non-hydrogen) atoms. The molecular weight excluding hydrogens is 346 g/mol. The van der Waals surface area contributed by atoms with E-state index in [9.17, 15) is 4.79 Å². The van der Waals surface area contributed by atoms with E-state index < -0.39 is 0 Å². The summed E-state index contributed by atoms with van der Waals surface area (Å²) in [5.74, 6) is 0.0558. The van der Waals surface area contributed by atoms with Gasteiger partial charge in [-0.2, -0.15) is 0 Å². The van der Waals surface area contributed by atoms with Crippen LogP contribution < -0.4 is 15.1 Å². The van der Waals surface area contributed by atoms with E-state index in [1.165, 1.54) is 49.9 Å². The van der Waals surface area contributed by atoms with Crippen molar-refractivity contribution in [2.45, 2.75) is 44.9 Å². The van der Waals surface area contributed by atoms with Gasteiger partial charge in [-0.05, 0) is 62.3 Å². The molecular formula is C24H31N3O. The number of benzene rings is 2. The largest absolute Gasteiger partial charge is 0.371 e. The Labute approximate surface area is 168 Å². The number of rotatable bonds is 5. The van der Waals surface area contributed by atoms with E-state index in [1.807, 2.05) is 30.3 Å². The standard InChI is InChI=1S/C24H31N3O/c28-24(18-20-10-4-1-5-11-20)25-22-19-21(26-14-6-2-7-15-26)12-13-23(22)27-16-8-3-9-17-27/h1,4-5,10-13,19H,2-3,6-9,14-18H2,(H,25,28). The number of nitrogens with one attached hydrogen (secondary N) is 1. The first-order valence-electron chi connectivity index (χ1n) is 10.8. The fraction of sp³-hybridized carbons (Fsp3) is 0.458. The molecule has 0 unspecified atom stereocenters. The summed E-state index contributed by atoms with van der Waals surface area (Å²) in [5.41, 5.74) is 4.41. The van der Waals surface area contributed by atoms with Gasteiger partial charge >= 0.3 is 0 Å². The van der Waals surface area contributed by atoms with Crippen LogP contribution in [0, 0.1) is 0 Å². The van der Waals surface area contributed by atoms with Crippen molar-refractivity contribution in [1.29, 1.82) is 0 Å². The Bertz CT molecular complexity index is 778. The molecule has 4 heteroatoms. The number of amides is 1. The van der Waals surface area contributed by atoms with Crippen LogP contribution in [0.15, 0.2) is 48.5 Å². The molecule has 0 spiro atoms. The average Bonchev–Trinajstić information content (AvgIpc) is 2.75. The van der Waals surface area contributed by atoms with E-state index in [-0.39, 0.29) is 5.91 Å². The molecule has 4 rings (SSSR count). The zero-order valence-corrected chi connectivity index (χ0v) is 16.7. The minimum atomic E-state index is 0.0558. The summed E-state index contributed by atoms with van der Waals surface area (Å²) in [6.45, 7) is 4.37. The van der Waals surface area contributed by atoms with Crippen LogP contribution in [0.4, 0.5) is 17.1 Å². The molecule has 0 aromatic heterocycles. The van der Waals surface area contributed by atoms with Crippen molar-refractivity contribution in [3.8, 4) is 0 Å². The third kappa shape index (κ3) is 4.67. The van der Waals surface area contributed by atoms with Crippen molar-refractivity contribution in [2.75, 3.05) is 41.3 Å². The van der Waals surface area contributed by atoms with Crippen molar-refractivity contribution >= 4 is 23.0 Å². The normalized spacial score (nSPS) is 17.4. The highest BCUT2D eigenvalue weighted by atomic mass is 16.1. The molecule has 0 bridgehead atoms. The van der Waals surface area contributed by atoms with Crippen LogP contribution in [0.3, 0.4) is 0 Å². The van der Waals surface area contributed by atoms with Crippen molar-refractivity contribution in [3.63, 3.8) is 0 Å². The summed E-state index contributed by atoms with van der Waals surface area (Å²) >= 11 is 0. The Morgan fingerprint density at radius 3 is 2.11 bits per heavy atom. The Morgan fingerprint density at radius 1 is 0.786 bits per heavy atom. The first-order valence-corrected chi connectivity index (χ1v) is 10.8. The molecule has 1 amide bonds. The monoisotopic (exact) mass is 377 g/mol. The number of hydrogen-bond acceptors (Lipinski definition) is 3. The smallest absolute Gasteiger partial charge is 0.228 e. The molecule has 2 saturated heterocycles. The molecule has 2 fully saturated rings. The average molecular weight is 378 g/mol. The van der Waals surface area contributed by atoms with Crippen LogP contribution in [0.1, 0.15) is 44.1 Å². The third-order valence-corrected chi connectivity index (χ3v) is 5.88. The molecule has 2 aliphatic rings. The molecule has 0 radical (unpaired) electrons. The molecule has 2 aliphatic heterocycles. The lowest BCUT2D eigenvalue weighted by molar-refractivity contribution is -0.115. The molecule has 0 saturated carbocycles. The van der Waals surface area contributed by atoms with Gasteiger partial charge in [-0.3, -0.25) is 4.79 Å². The van der Waals surface area contributed by atoms with E-state index in [0.29, 0.717) is 6.42 Å². The summed E-state index contributed by atoms with van der Waals surface area (Å²) in [6.07, 6.45) is 8.00. The second kappa shape index (κ2) is 9.13. The maximum Gasteiger partial charge on any atom is 0.228 e. The van der Waals surface area contributed by atoms with E-state index in [1.54, 1.807) is 0 Å². The minimum absolute atomic E-state index is 0.0558. The summed E-state index contributed by atoms with van der Waals surface area (Å²) in [4.78, 5) is 17.6. The lowest BCUT2D eigenvalue weighted by Crippen LogP contribution is -2.32. The van der Waals surface area contributed by atoms with Crippen molar-refractivity contribution in [1.82, 2.24) is 0 Å². The van der Waals surface area contributed by atoms with E-state index in [4.69, 9.17) is 0 Å². The summed E-state index contributed by atoms with van der Waals surface area (Å²) in [5, 5.41) is 3.23. The topological polar surface area (TPSA) is 35.6 Å². The third-order valence-electron chi connectivity index (χ3n) is 5.88. The maximum absolute atomic E-state index is 12.8. The quantitative estimate of drug-likeness (QED) is 0.809. The van der Waals surface area contributed by atoms with Crippen LogP contribution >= 0.6 is 0 Å². The van der Waals surface area contributed by atoms with E-state index in [2.05, 4.69) is 33.3 Å². The first kappa shape index (κ1) is 18.9. The summed E-state index contributed by atoms with van der Waals surface area (Å²) in [7, 11) is 0. The molecule has 2 heterocycles. The summed E-state index contributed by atoms with van der Waals surface area (Å²) in [6, 6.07) is 16.6. The molecule has 0 aliphatic carbocycles. The maximum atomic E-state index is 12.8. The lowest BCUT2D eigenvalue weighted by atomic mass is 10.1. The number of hydrogen-bond donors (Lipinski definition) is 1.